The van der Waals surface area contributed by atoms with E-state index in [4.69, 9.17) is 9.73 Å². The maximum absolute atomic E-state index is 13.7. The van der Waals surface area contributed by atoms with Crippen LogP contribution in [0.2, 0.25) is 0 Å². The number of ether oxygens (including phenoxy) is 1. The van der Waals surface area contributed by atoms with Crippen LogP contribution in [-0.2, 0) is 6.42 Å². The Kier molecular flexibility index (Phi) is 4.70. The normalized spacial score (nSPS) is 17.4. The average molecular weight is 457 g/mol. The Morgan fingerprint density at radius 2 is 1.91 bits per heavy atom. The summed E-state index contributed by atoms with van der Waals surface area (Å²) in [7, 11) is 1.65. The maximum atomic E-state index is 13.7. The summed E-state index contributed by atoms with van der Waals surface area (Å²) in [6, 6.07) is 20.3. The van der Waals surface area contributed by atoms with E-state index in [1.54, 1.807) is 18.4 Å². The molecule has 2 aromatic carbocycles. The summed E-state index contributed by atoms with van der Waals surface area (Å²) in [5.41, 5.74) is 5.69. The molecule has 4 nitrogen and oxygen atoms in total. The molecule has 0 fully saturated rings. The second-order valence-electron chi connectivity index (χ2n) is 7.87. The number of thiazole rings is 1. The Morgan fingerprint density at radius 1 is 1.06 bits per heavy atom. The van der Waals surface area contributed by atoms with E-state index in [-0.39, 0.29) is 11.6 Å². The molecule has 32 heavy (non-hydrogen) atoms. The number of hydrogen-bond acceptors (Lipinski definition) is 5. The van der Waals surface area contributed by atoms with E-state index in [2.05, 4.69) is 41.8 Å². The van der Waals surface area contributed by atoms with Crippen molar-refractivity contribution >= 4 is 34.4 Å². The van der Waals surface area contributed by atoms with E-state index < -0.39 is 0 Å². The predicted molar refractivity (Wildman–Crippen MR) is 130 cm³/mol. The second kappa shape index (κ2) is 7.73. The number of nitrogens with zero attached hydrogens (tertiary/aromatic N) is 2. The monoisotopic (exact) mass is 456 g/mol. The highest BCUT2D eigenvalue weighted by molar-refractivity contribution is 7.10. The lowest BCUT2D eigenvalue weighted by molar-refractivity contribution is 0.414. The van der Waals surface area contributed by atoms with Crippen LogP contribution in [0.4, 0.5) is 0 Å². The summed E-state index contributed by atoms with van der Waals surface area (Å²) < 4.78 is 8.05. The summed E-state index contributed by atoms with van der Waals surface area (Å²) >= 11 is 3.15. The topological polar surface area (TPSA) is 43.6 Å². The van der Waals surface area contributed by atoms with Crippen LogP contribution >= 0.6 is 22.7 Å². The zero-order valence-electron chi connectivity index (χ0n) is 17.4. The molecule has 6 rings (SSSR count). The molecule has 0 N–H and O–H groups in total. The van der Waals surface area contributed by atoms with Gasteiger partial charge >= 0.3 is 0 Å². The van der Waals surface area contributed by atoms with Gasteiger partial charge in [0.1, 0.15) is 5.75 Å². The first-order valence-corrected chi connectivity index (χ1v) is 12.2. The smallest absolute Gasteiger partial charge is 0.271 e. The van der Waals surface area contributed by atoms with Gasteiger partial charge in [-0.3, -0.25) is 9.36 Å². The Balaban J connectivity index is 1.63. The molecular formula is C26H20N2O2S2. The zero-order chi connectivity index (χ0) is 21.7. The van der Waals surface area contributed by atoms with Gasteiger partial charge in [-0.2, -0.15) is 0 Å². The molecule has 4 aromatic rings. The summed E-state index contributed by atoms with van der Waals surface area (Å²) in [4.78, 5) is 20.6. The molecule has 2 aromatic heterocycles. The van der Waals surface area contributed by atoms with Crippen molar-refractivity contribution in [3.8, 4) is 5.75 Å². The fraction of sp³-hybridized carbons (Fsp3) is 0.154. The molecule has 1 atom stereocenters. The predicted octanol–water partition coefficient (Wildman–Crippen LogP) is 4.39. The number of benzene rings is 2. The molecule has 1 aliphatic carbocycles. The zero-order valence-corrected chi connectivity index (χ0v) is 19.1. The van der Waals surface area contributed by atoms with Crippen LogP contribution in [0.25, 0.3) is 11.8 Å². The number of hydrogen-bond donors (Lipinski definition) is 0. The van der Waals surface area contributed by atoms with Crippen molar-refractivity contribution in [2.24, 2.45) is 4.99 Å². The van der Waals surface area contributed by atoms with Crippen LogP contribution < -0.4 is 19.6 Å². The first-order chi connectivity index (χ1) is 15.7. The molecule has 1 aliphatic heterocycles. The van der Waals surface area contributed by atoms with Crippen LogP contribution in [0.15, 0.2) is 81.4 Å². The fourth-order valence-electron chi connectivity index (χ4n) is 4.64. The van der Waals surface area contributed by atoms with Crippen molar-refractivity contribution in [2.45, 2.75) is 18.9 Å². The number of fused-ring (bicyclic) bond motifs is 3. The molecule has 0 saturated carbocycles. The standard InChI is InChI=1S/C26H20N2O2S2/c1-30-20-10-5-3-8-17(20)15-22-25(29)28-24(21-11-6-14-31-21)19-13-12-16-7-2-4-9-18(16)23(19)27-26(28)32-22/h2-11,14-15,24H,12-13H2,1H3. The van der Waals surface area contributed by atoms with Gasteiger partial charge in [0.25, 0.3) is 5.56 Å². The average Bonchev–Trinajstić information content (AvgIpc) is 3.47. The molecule has 3 heterocycles. The summed E-state index contributed by atoms with van der Waals surface area (Å²) in [6.45, 7) is 0. The van der Waals surface area contributed by atoms with Crippen molar-refractivity contribution in [1.29, 1.82) is 0 Å². The van der Waals surface area contributed by atoms with Gasteiger partial charge in [-0.15, -0.1) is 11.3 Å². The Bertz CT molecular complexity index is 1540. The van der Waals surface area contributed by atoms with Crippen LogP contribution in [0.3, 0.4) is 0 Å². The number of para-hydroxylation sites is 1. The molecule has 0 bridgehead atoms. The minimum absolute atomic E-state index is 0.00321. The van der Waals surface area contributed by atoms with Gasteiger partial charge in [-0.1, -0.05) is 59.9 Å². The third-order valence-electron chi connectivity index (χ3n) is 6.11. The first kappa shape index (κ1) is 19.5. The van der Waals surface area contributed by atoms with Crippen LogP contribution in [0.1, 0.15) is 34.0 Å². The number of methoxy groups -OCH3 is 1. The number of aryl methyl sites for hydroxylation is 1. The van der Waals surface area contributed by atoms with E-state index in [1.807, 2.05) is 34.9 Å². The first-order valence-electron chi connectivity index (χ1n) is 10.5. The van der Waals surface area contributed by atoms with Gasteiger partial charge in [0.15, 0.2) is 4.80 Å². The maximum Gasteiger partial charge on any atom is 0.271 e. The minimum atomic E-state index is -0.102. The largest absolute Gasteiger partial charge is 0.496 e. The highest BCUT2D eigenvalue weighted by atomic mass is 32.1. The number of allylic oxidation sites excluding steroid dienone is 1. The van der Waals surface area contributed by atoms with E-state index in [0.29, 0.717) is 4.53 Å². The lowest BCUT2D eigenvalue weighted by Crippen LogP contribution is -2.38. The van der Waals surface area contributed by atoms with Crippen molar-refractivity contribution in [3.63, 3.8) is 0 Å². The van der Waals surface area contributed by atoms with E-state index >= 15 is 0 Å². The van der Waals surface area contributed by atoms with Crippen LogP contribution in [-0.4, -0.2) is 11.7 Å². The number of rotatable bonds is 3. The Hall–Kier alpha value is -3.22. The van der Waals surface area contributed by atoms with Gasteiger partial charge in [-0.25, -0.2) is 4.99 Å². The quantitative estimate of drug-likeness (QED) is 0.459. The van der Waals surface area contributed by atoms with Crippen molar-refractivity contribution in [3.05, 3.63) is 113 Å². The van der Waals surface area contributed by atoms with Crippen LogP contribution in [0.5, 0.6) is 5.75 Å². The molecule has 1 unspecified atom stereocenters. The Labute approximate surface area is 193 Å². The van der Waals surface area contributed by atoms with Crippen molar-refractivity contribution in [2.75, 3.05) is 7.11 Å². The highest BCUT2D eigenvalue weighted by Gasteiger charge is 2.32. The van der Waals surface area contributed by atoms with Gasteiger partial charge in [-0.05, 0) is 47.6 Å². The second-order valence-corrected chi connectivity index (χ2v) is 9.86. The lowest BCUT2D eigenvalue weighted by Gasteiger charge is -2.30. The molecule has 0 saturated heterocycles. The lowest BCUT2D eigenvalue weighted by atomic mass is 9.85. The third-order valence-corrected chi connectivity index (χ3v) is 8.02. The highest BCUT2D eigenvalue weighted by Crippen LogP contribution is 2.42. The van der Waals surface area contributed by atoms with Gasteiger partial charge in [0, 0.05) is 16.0 Å². The summed E-state index contributed by atoms with van der Waals surface area (Å²) in [5, 5.41) is 2.08. The van der Waals surface area contributed by atoms with Gasteiger partial charge in [0.05, 0.1) is 23.4 Å². The van der Waals surface area contributed by atoms with E-state index in [1.165, 1.54) is 32.9 Å². The SMILES string of the molecule is COc1ccccc1C=c1sc2n(c1=O)C(c1cccs1)C1=C(N=2)c2ccccc2CC1. The molecule has 0 amide bonds. The van der Waals surface area contributed by atoms with E-state index in [0.717, 1.165) is 34.7 Å². The summed E-state index contributed by atoms with van der Waals surface area (Å²) in [5.74, 6) is 0.751. The van der Waals surface area contributed by atoms with Crippen LogP contribution in [0, 0.1) is 0 Å². The molecule has 2 aliphatic rings. The van der Waals surface area contributed by atoms with Gasteiger partial charge in [0.2, 0.25) is 0 Å². The van der Waals surface area contributed by atoms with Gasteiger partial charge < -0.3 is 4.74 Å². The molecule has 0 spiro atoms. The fourth-order valence-corrected chi connectivity index (χ4v) is 6.48. The van der Waals surface area contributed by atoms with Crippen molar-refractivity contribution in [1.82, 2.24) is 4.57 Å². The van der Waals surface area contributed by atoms with E-state index in [9.17, 15) is 4.79 Å². The molecule has 0 radical (unpaired) electrons. The Morgan fingerprint density at radius 3 is 2.75 bits per heavy atom. The minimum Gasteiger partial charge on any atom is -0.496 e. The third kappa shape index (κ3) is 3.02. The van der Waals surface area contributed by atoms with Crippen molar-refractivity contribution < 1.29 is 4.74 Å². The molecule has 6 heteroatoms. The molecular weight excluding hydrogens is 436 g/mol. The number of thiophene rings is 1. The summed E-state index contributed by atoms with van der Waals surface area (Å²) in [6.07, 6.45) is 3.80. The number of aromatic nitrogens is 1. The molecule has 158 valence electrons.